The molecule has 0 heterocycles. The Morgan fingerprint density at radius 3 is 2.45 bits per heavy atom. The van der Waals surface area contributed by atoms with Crippen molar-refractivity contribution in [2.45, 2.75) is 45.5 Å². The number of amides is 1. The lowest BCUT2D eigenvalue weighted by atomic mass is 10.2. The molecule has 0 aliphatic rings. The summed E-state index contributed by atoms with van der Waals surface area (Å²) in [5, 5.41) is 2.56. The average Bonchev–Trinajstić information content (AvgIpc) is 2.36. The summed E-state index contributed by atoms with van der Waals surface area (Å²) in [6.45, 7) is 7.22. The lowest BCUT2D eigenvalue weighted by Crippen LogP contribution is -2.27. The molecule has 1 rings (SSSR count). The maximum absolute atomic E-state index is 11.9. The number of anilines is 1. The van der Waals surface area contributed by atoms with Crippen LogP contribution in [0.5, 0.6) is 0 Å². The molecule has 0 saturated carbocycles. The topological polar surface area (TPSA) is 81.7 Å². The van der Waals surface area contributed by atoms with E-state index in [1.54, 1.807) is 45.0 Å². The molecule has 6 nitrogen and oxygen atoms in total. The summed E-state index contributed by atoms with van der Waals surface area (Å²) in [4.78, 5) is 11.8. The third kappa shape index (κ3) is 6.91. The van der Waals surface area contributed by atoms with Crippen LogP contribution in [0.25, 0.3) is 0 Å². The number of benzene rings is 1. The standard InChI is InChI=1S/C15H23NO5S/c1-5-10-20-22(18,19)11-12-8-6-7-9-13(12)16-14(17)21-15(2,3)4/h6-9H,5,10-11H2,1-4H3,(H,16,17). The predicted octanol–water partition coefficient (Wildman–Crippen LogP) is 3.29. The number of hydrogen-bond donors (Lipinski definition) is 1. The second-order valence-corrected chi connectivity index (χ2v) is 7.45. The van der Waals surface area contributed by atoms with E-state index in [0.717, 1.165) is 0 Å². The van der Waals surface area contributed by atoms with Gasteiger partial charge in [0.1, 0.15) is 11.4 Å². The molecule has 22 heavy (non-hydrogen) atoms. The number of hydrogen-bond acceptors (Lipinski definition) is 5. The highest BCUT2D eigenvalue weighted by Gasteiger charge is 2.19. The zero-order chi connectivity index (χ0) is 16.8. The minimum atomic E-state index is -3.68. The van der Waals surface area contributed by atoms with Crippen LogP contribution >= 0.6 is 0 Å². The van der Waals surface area contributed by atoms with Crippen molar-refractivity contribution in [1.82, 2.24) is 0 Å². The van der Waals surface area contributed by atoms with Crippen molar-refractivity contribution < 1.29 is 22.1 Å². The number of nitrogens with one attached hydrogen (secondary N) is 1. The Kier molecular flexibility index (Phi) is 6.37. The van der Waals surface area contributed by atoms with E-state index in [1.807, 2.05) is 6.92 Å². The van der Waals surface area contributed by atoms with Gasteiger partial charge in [0.05, 0.1) is 6.61 Å². The van der Waals surface area contributed by atoms with Gasteiger partial charge in [-0.1, -0.05) is 25.1 Å². The van der Waals surface area contributed by atoms with Gasteiger partial charge in [-0.05, 0) is 38.8 Å². The van der Waals surface area contributed by atoms with E-state index in [0.29, 0.717) is 17.7 Å². The zero-order valence-electron chi connectivity index (χ0n) is 13.4. The van der Waals surface area contributed by atoms with Crippen LogP contribution < -0.4 is 5.32 Å². The Morgan fingerprint density at radius 1 is 1.23 bits per heavy atom. The molecule has 7 heteroatoms. The SMILES string of the molecule is CCCOS(=O)(=O)Cc1ccccc1NC(=O)OC(C)(C)C. The molecule has 1 aromatic rings. The molecule has 0 aromatic heterocycles. The largest absolute Gasteiger partial charge is 0.444 e. The van der Waals surface area contributed by atoms with Crippen molar-refractivity contribution in [1.29, 1.82) is 0 Å². The molecule has 0 atom stereocenters. The van der Waals surface area contributed by atoms with Gasteiger partial charge in [-0.15, -0.1) is 0 Å². The molecule has 0 aliphatic carbocycles. The Labute approximate surface area is 131 Å². The normalized spacial score (nSPS) is 12.0. The molecule has 1 N–H and O–H groups in total. The van der Waals surface area contributed by atoms with Gasteiger partial charge < -0.3 is 4.74 Å². The first kappa shape index (κ1) is 18.4. The quantitative estimate of drug-likeness (QED) is 0.810. The molecular formula is C15H23NO5S. The van der Waals surface area contributed by atoms with Crippen molar-refractivity contribution in [3.63, 3.8) is 0 Å². The highest BCUT2D eigenvalue weighted by atomic mass is 32.2. The molecular weight excluding hydrogens is 306 g/mol. The molecule has 0 fully saturated rings. The summed E-state index contributed by atoms with van der Waals surface area (Å²) in [7, 11) is -3.68. The minimum absolute atomic E-state index is 0.143. The van der Waals surface area contributed by atoms with Crippen LogP contribution in [-0.2, 0) is 24.8 Å². The molecule has 0 radical (unpaired) electrons. The second-order valence-electron chi connectivity index (χ2n) is 5.81. The molecule has 1 amide bonds. The van der Waals surface area contributed by atoms with Gasteiger partial charge in [0, 0.05) is 5.69 Å². The molecule has 124 valence electrons. The molecule has 0 aliphatic heterocycles. The lowest BCUT2D eigenvalue weighted by Gasteiger charge is -2.20. The zero-order valence-corrected chi connectivity index (χ0v) is 14.2. The van der Waals surface area contributed by atoms with Crippen LogP contribution in [0.2, 0.25) is 0 Å². The first-order chi connectivity index (χ1) is 10.1. The number of carbonyl (C=O) groups excluding carboxylic acids is 1. The predicted molar refractivity (Wildman–Crippen MR) is 85.2 cm³/mol. The minimum Gasteiger partial charge on any atom is -0.444 e. The van der Waals surface area contributed by atoms with Gasteiger partial charge in [-0.25, -0.2) is 4.79 Å². The van der Waals surface area contributed by atoms with Crippen LogP contribution in [0.3, 0.4) is 0 Å². The molecule has 0 bridgehead atoms. The summed E-state index contributed by atoms with van der Waals surface area (Å²) >= 11 is 0. The highest BCUT2D eigenvalue weighted by Crippen LogP contribution is 2.20. The third-order valence-corrected chi connectivity index (χ3v) is 3.64. The van der Waals surface area contributed by atoms with Gasteiger partial charge >= 0.3 is 6.09 Å². The van der Waals surface area contributed by atoms with E-state index in [-0.39, 0.29) is 12.4 Å². The van der Waals surface area contributed by atoms with Gasteiger partial charge in [0.2, 0.25) is 0 Å². The van der Waals surface area contributed by atoms with Crippen molar-refractivity contribution in [2.24, 2.45) is 0 Å². The summed E-state index contributed by atoms with van der Waals surface area (Å²) in [6.07, 6.45) is -0.0244. The summed E-state index contributed by atoms with van der Waals surface area (Å²) in [5.41, 5.74) is 0.208. The summed E-state index contributed by atoms with van der Waals surface area (Å²) < 4.78 is 33.7. The van der Waals surface area contributed by atoms with E-state index in [9.17, 15) is 13.2 Å². The Hall–Kier alpha value is -1.60. The fourth-order valence-electron chi connectivity index (χ4n) is 1.62. The van der Waals surface area contributed by atoms with Crippen LogP contribution in [-0.4, -0.2) is 26.7 Å². The van der Waals surface area contributed by atoms with E-state index >= 15 is 0 Å². The first-order valence-electron chi connectivity index (χ1n) is 7.08. The van der Waals surface area contributed by atoms with Gasteiger partial charge in [0.25, 0.3) is 10.1 Å². The molecule has 0 spiro atoms. The second kappa shape index (κ2) is 7.60. The van der Waals surface area contributed by atoms with E-state index < -0.39 is 21.8 Å². The van der Waals surface area contributed by atoms with E-state index in [2.05, 4.69) is 5.32 Å². The Balaban J connectivity index is 2.84. The maximum atomic E-state index is 11.9. The average molecular weight is 329 g/mol. The molecule has 0 unspecified atom stereocenters. The van der Waals surface area contributed by atoms with E-state index in [4.69, 9.17) is 8.92 Å². The van der Waals surface area contributed by atoms with Gasteiger partial charge in [-0.2, -0.15) is 8.42 Å². The van der Waals surface area contributed by atoms with E-state index in [1.165, 1.54) is 0 Å². The van der Waals surface area contributed by atoms with Crippen LogP contribution in [0, 0.1) is 0 Å². The summed E-state index contributed by atoms with van der Waals surface area (Å²) in [6, 6.07) is 6.65. The monoisotopic (exact) mass is 329 g/mol. The van der Waals surface area contributed by atoms with Crippen LogP contribution in [0.1, 0.15) is 39.7 Å². The first-order valence-corrected chi connectivity index (χ1v) is 8.66. The Morgan fingerprint density at radius 2 is 1.86 bits per heavy atom. The molecule has 0 saturated heterocycles. The summed E-state index contributed by atoms with van der Waals surface area (Å²) in [5.74, 6) is -0.307. The third-order valence-electron chi connectivity index (χ3n) is 2.45. The lowest BCUT2D eigenvalue weighted by molar-refractivity contribution is 0.0635. The smallest absolute Gasteiger partial charge is 0.412 e. The van der Waals surface area contributed by atoms with Crippen molar-refractivity contribution in [3.8, 4) is 0 Å². The van der Waals surface area contributed by atoms with Crippen LogP contribution in [0.15, 0.2) is 24.3 Å². The molecule has 1 aromatic carbocycles. The maximum Gasteiger partial charge on any atom is 0.412 e. The van der Waals surface area contributed by atoms with Crippen molar-refractivity contribution in [3.05, 3.63) is 29.8 Å². The number of ether oxygens (including phenoxy) is 1. The van der Waals surface area contributed by atoms with Gasteiger partial charge in [0.15, 0.2) is 0 Å². The fraction of sp³-hybridized carbons (Fsp3) is 0.533. The number of rotatable bonds is 6. The van der Waals surface area contributed by atoms with Gasteiger partial charge in [-0.3, -0.25) is 9.50 Å². The number of para-hydroxylation sites is 1. The fourth-order valence-corrected chi connectivity index (χ4v) is 2.76. The number of carbonyl (C=O) groups is 1. The van der Waals surface area contributed by atoms with Crippen molar-refractivity contribution in [2.75, 3.05) is 11.9 Å². The Bertz CT molecular complexity index is 605. The highest BCUT2D eigenvalue weighted by molar-refractivity contribution is 7.85. The van der Waals surface area contributed by atoms with Crippen molar-refractivity contribution >= 4 is 21.9 Å². The van der Waals surface area contributed by atoms with Crippen LogP contribution in [0.4, 0.5) is 10.5 Å².